The first kappa shape index (κ1) is 11.8. The number of aromatic nitrogens is 2. The number of terminal acetylenes is 1. The molecule has 0 spiro atoms. The zero-order chi connectivity index (χ0) is 11.4. The maximum Gasteiger partial charge on any atom is 0.0625 e. The topological polar surface area (TPSA) is 29.9 Å². The molecule has 0 bridgehead atoms. The van der Waals surface area contributed by atoms with Gasteiger partial charge < -0.3 is 5.32 Å². The number of aryl methyl sites for hydroxylation is 1. The molecule has 1 aromatic heterocycles. The fourth-order valence-electron chi connectivity index (χ4n) is 1.61. The van der Waals surface area contributed by atoms with E-state index < -0.39 is 0 Å². The van der Waals surface area contributed by atoms with E-state index >= 15 is 0 Å². The van der Waals surface area contributed by atoms with Crippen LogP contribution in [0, 0.1) is 33.1 Å². The van der Waals surface area contributed by atoms with Gasteiger partial charge in [0.15, 0.2) is 0 Å². The van der Waals surface area contributed by atoms with Crippen molar-refractivity contribution in [3.8, 4) is 12.3 Å². The van der Waals surface area contributed by atoms with Gasteiger partial charge in [-0.25, -0.2) is 0 Å². The predicted octanol–water partition coefficient (Wildman–Crippen LogP) is 1.59. The van der Waals surface area contributed by atoms with Crippen molar-refractivity contribution in [2.24, 2.45) is 0 Å². The minimum Gasteiger partial charge on any atom is -0.304 e. The van der Waals surface area contributed by atoms with Crippen LogP contribution in [0.4, 0.5) is 0 Å². The minimum absolute atomic E-state index is 0.339. The molecule has 1 unspecified atom stereocenters. The first-order valence-corrected chi connectivity index (χ1v) is 5.24. The molecule has 15 heavy (non-hydrogen) atoms. The van der Waals surface area contributed by atoms with Gasteiger partial charge in [0.1, 0.15) is 0 Å². The smallest absolute Gasteiger partial charge is 0.0625 e. The number of nitrogens with zero attached hydrogens (tertiary/aromatic N) is 2. The van der Waals surface area contributed by atoms with Crippen LogP contribution in [0.15, 0.2) is 0 Å². The minimum atomic E-state index is 0.339. The van der Waals surface area contributed by atoms with Crippen LogP contribution in [-0.2, 0) is 0 Å². The van der Waals surface area contributed by atoms with E-state index in [1.165, 1.54) is 11.3 Å². The summed E-state index contributed by atoms with van der Waals surface area (Å²) in [5.74, 6) is 2.56. The summed E-state index contributed by atoms with van der Waals surface area (Å²) in [6.45, 7) is 9.86. The third kappa shape index (κ3) is 2.60. The highest BCUT2D eigenvalue weighted by Crippen LogP contribution is 2.15. The van der Waals surface area contributed by atoms with E-state index in [4.69, 9.17) is 6.42 Å². The summed E-state index contributed by atoms with van der Waals surface area (Å²) in [5, 5.41) is 7.71. The molecule has 1 aromatic rings. The van der Waals surface area contributed by atoms with E-state index in [0.717, 1.165) is 12.2 Å². The van der Waals surface area contributed by atoms with Crippen LogP contribution in [0.25, 0.3) is 0 Å². The zero-order valence-electron chi connectivity index (χ0n) is 9.96. The lowest BCUT2D eigenvalue weighted by molar-refractivity contribution is 0.454. The Labute approximate surface area is 91.9 Å². The normalized spacial score (nSPS) is 12.5. The van der Waals surface area contributed by atoms with Crippen molar-refractivity contribution in [1.29, 1.82) is 0 Å². The molecule has 0 saturated carbocycles. The average Bonchev–Trinajstić information content (AvgIpc) is 2.46. The van der Waals surface area contributed by atoms with Crippen molar-refractivity contribution in [3.05, 3.63) is 17.0 Å². The van der Waals surface area contributed by atoms with Crippen LogP contribution in [0.5, 0.6) is 0 Å². The highest BCUT2D eigenvalue weighted by Gasteiger charge is 2.11. The highest BCUT2D eigenvalue weighted by atomic mass is 15.3. The molecular weight excluding hydrogens is 186 g/mol. The second-order valence-corrected chi connectivity index (χ2v) is 3.92. The first-order valence-electron chi connectivity index (χ1n) is 5.24. The fraction of sp³-hybridized carbons (Fsp3) is 0.583. The quantitative estimate of drug-likeness (QED) is 0.597. The molecule has 1 N–H and O–H groups in total. The maximum absolute atomic E-state index is 5.18. The Bertz CT molecular complexity index is 371. The van der Waals surface area contributed by atoms with Crippen LogP contribution < -0.4 is 5.32 Å². The molecule has 0 amide bonds. The van der Waals surface area contributed by atoms with E-state index in [-0.39, 0.29) is 0 Å². The maximum atomic E-state index is 5.18. The Hall–Kier alpha value is -1.27. The van der Waals surface area contributed by atoms with Gasteiger partial charge in [0, 0.05) is 12.2 Å². The summed E-state index contributed by atoms with van der Waals surface area (Å²) in [6, 6.07) is 0.339. The Morgan fingerprint density at radius 2 is 2.13 bits per heavy atom. The lowest BCUT2D eigenvalue weighted by atomic mass is 10.2. The van der Waals surface area contributed by atoms with Gasteiger partial charge >= 0.3 is 0 Å². The van der Waals surface area contributed by atoms with Gasteiger partial charge in [-0.3, -0.25) is 4.68 Å². The lowest BCUT2D eigenvalue weighted by Crippen LogP contribution is -2.25. The largest absolute Gasteiger partial charge is 0.304 e. The van der Waals surface area contributed by atoms with Gasteiger partial charge in [0.25, 0.3) is 0 Å². The van der Waals surface area contributed by atoms with Crippen molar-refractivity contribution >= 4 is 0 Å². The van der Waals surface area contributed by atoms with Crippen molar-refractivity contribution < 1.29 is 0 Å². The lowest BCUT2D eigenvalue weighted by Gasteiger charge is -2.14. The van der Waals surface area contributed by atoms with Gasteiger partial charge in [-0.2, -0.15) is 5.10 Å². The van der Waals surface area contributed by atoms with E-state index in [1.807, 2.05) is 6.92 Å². The molecule has 0 aliphatic carbocycles. The molecule has 3 heteroatoms. The summed E-state index contributed by atoms with van der Waals surface area (Å²) in [7, 11) is 0. The summed E-state index contributed by atoms with van der Waals surface area (Å²) < 4.78 is 2.06. The van der Waals surface area contributed by atoms with E-state index in [2.05, 4.69) is 41.8 Å². The molecule has 3 nitrogen and oxygen atoms in total. The molecule has 0 radical (unpaired) electrons. The monoisotopic (exact) mass is 205 g/mol. The summed E-state index contributed by atoms with van der Waals surface area (Å²) >= 11 is 0. The number of hydrogen-bond donors (Lipinski definition) is 1. The molecule has 0 fully saturated rings. The molecule has 1 heterocycles. The van der Waals surface area contributed by atoms with Crippen molar-refractivity contribution in [2.75, 3.05) is 13.1 Å². The van der Waals surface area contributed by atoms with Crippen molar-refractivity contribution in [1.82, 2.24) is 15.1 Å². The molecule has 0 aliphatic rings. The Balaban J connectivity index is 2.70. The van der Waals surface area contributed by atoms with Gasteiger partial charge in [0.2, 0.25) is 0 Å². The van der Waals surface area contributed by atoms with E-state index in [0.29, 0.717) is 12.6 Å². The van der Waals surface area contributed by atoms with Gasteiger partial charge in [-0.15, -0.1) is 6.42 Å². The Kier molecular flexibility index (Phi) is 3.93. The molecule has 0 aliphatic heterocycles. The second kappa shape index (κ2) is 4.99. The summed E-state index contributed by atoms with van der Waals surface area (Å²) in [4.78, 5) is 0. The second-order valence-electron chi connectivity index (χ2n) is 3.92. The highest BCUT2D eigenvalue weighted by molar-refractivity contribution is 5.22. The summed E-state index contributed by atoms with van der Waals surface area (Å²) in [5.41, 5.74) is 3.62. The van der Waals surface area contributed by atoms with Crippen LogP contribution in [-0.4, -0.2) is 22.9 Å². The molecular formula is C12H19N3. The first-order chi connectivity index (χ1) is 7.07. The third-order valence-electron chi connectivity index (χ3n) is 2.77. The standard InChI is InChI=1S/C12H19N3/c1-6-7-13-8-9(2)15-12(5)10(3)11(4)14-15/h1,9,13H,7-8H2,2-5H3. The SMILES string of the molecule is C#CCNCC(C)n1nc(C)c(C)c1C. The number of rotatable bonds is 4. The van der Waals surface area contributed by atoms with Crippen LogP contribution in [0.3, 0.4) is 0 Å². The zero-order valence-corrected chi connectivity index (χ0v) is 9.96. The predicted molar refractivity (Wildman–Crippen MR) is 62.9 cm³/mol. The van der Waals surface area contributed by atoms with Crippen LogP contribution >= 0.6 is 0 Å². The van der Waals surface area contributed by atoms with E-state index in [1.54, 1.807) is 0 Å². The molecule has 0 aromatic carbocycles. The van der Waals surface area contributed by atoms with Crippen LogP contribution in [0.1, 0.15) is 29.9 Å². The van der Waals surface area contributed by atoms with E-state index in [9.17, 15) is 0 Å². The number of nitrogens with one attached hydrogen (secondary N) is 1. The van der Waals surface area contributed by atoms with Crippen molar-refractivity contribution in [3.63, 3.8) is 0 Å². The number of hydrogen-bond acceptors (Lipinski definition) is 2. The van der Waals surface area contributed by atoms with Crippen LogP contribution in [0.2, 0.25) is 0 Å². The Morgan fingerprint density at radius 3 is 2.60 bits per heavy atom. The average molecular weight is 205 g/mol. The fourth-order valence-corrected chi connectivity index (χ4v) is 1.61. The molecule has 1 atom stereocenters. The Morgan fingerprint density at radius 1 is 1.47 bits per heavy atom. The summed E-state index contributed by atoms with van der Waals surface area (Å²) in [6.07, 6.45) is 5.18. The molecule has 1 rings (SSSR count). The van der Waals surface area contributed by atoms with Gasteiger partial charge in [0.05, 0.1) is 18.3 Å². The molecule has 0 saturated heterocycles. The van der Waals surface area contributed by atoms with Crippen molar-refractivity contribution in [2.45, 2.75) is 33.7 Å². The molecule has 82 valence electrons. The third-order valence-corrected chi connectivity index (χ3v) is 2.77. The van der Waals surface area contributed by atoms with Gasteiger partial charge in [-0.05, 0) is 33.3 Å². The van der Waals surface area contributed by atoms with Gasteiger partial charge in [-0.1, -0.05) is 5.92 Å².